The Balaban J connectivity index is 1.69. The highest BCUT2D eigenvalue weighted by molar-refractivity contribution is 5.90. The lowest BCUT2D eigenvalue weighted by atomic mass is 10.1. The van der Waals surface area contributed by atoms with Gasteiger partial charge >= 0.3 is 0 Å². The fourth-order valence-corrected chi connectivity index (χ4v) is 3.17. The molecule has 4 rings (SSSR count). The maximum atomic E-state index is 5.35. The molecule has 136 valence electrons. The van der Waals surface area contributed by atoms with E-state index < -0.39 is 0 Å². The van der Waals surface area contributed by atoms with Crippen LogP contribution in [0.1, 0.15) is 11.4 Å². The molecule has 6 nitrogen and oxygen atoms in total. The number of rotatable bonds is 5. The topological polar surface area (TPSA) is 64.9 Å². The van der Waals surface area contributed by atoms with Crippen molar-refractivity contribution in [2.24, 2.45) is 7.05 Å². The summed E-state index contributed by atoms with van der Waals surface area (Å²) in [6.45, 7) is 2.51. The zero-order valence-electron chi connectivity index (χ0n) is 15.6. The molecule has 2 aromatic carbocycles. The first-order valence-electron chi connectivity index (χ1n) is 8.78. The molecule has 0 saturated carbocycles. The van der Waals surface area contributed by atoms with Crippen LogP contribution in [0.5, 0.6) is 5.75 Å². The molecule has 0 radical (unpaired) electrons. The average Bonchev–Trinajstić information content (AvgIpc) is 3.07. The second-order valence-corrected chi connectivity index (χ2v) is 6.40. The van der Waals surface area contributed by atoms with Gasteiger partial charge in [0.2, 0.25) is 0 Å². The Morgan fingerprint density at radius 3 is 2.67 bits per heavy atom. The van der Waals surface area contributed by atoms with Gasteiger partial charge in [-0.2, -0.15) is 5.10 Å². The van der Waals surface area contributed by atoms with Gasteiger partial charge < -0.3 is 10.1 Å². The summed E-state index contributed by atoms with van der Waals surface area (Å²) in [6, 6.07) is 16.0. The van der Waals surface area contributed by atoms with Crippen LogP contribution in [0, 0.1) is 6.92 Å². The predicted molar refractivity (Wildman–Crippen MR) is 107 cm³/mol. The number of ether oxygens (including phenoxy) is 1. The van der Waals surface area contributed by atoms with Crippen molar-refractivity contribution >= 4 is 16.7 Å². The number of aryl methyl sites for hydroxylation is 2. The number of fused-ring (bicyclic) bond motifs is 1. The zero-order chi connectivity index (χ0) is 18.8. The third-order valence-electron chi connectivity index (χ3n) is 4.41. The monoisotopic (exact) mass is 359 g/mol. The Morgan fingerprint density at radius 1 is 1.07 bits per heavy atom. The van der Waals surface area contributed by atoms with Crippen molar-refractivity contribution in [3.63, 3.8) is 0 Å². The van der Waals surface area contributed by atoms with Crippen LogP contribution in [-0.4, -0.2) is 26.9 Å². The van der Waals surface area contributed by atoms with E-state index in [4.69, 9.17) is 4.74 Å². The Labute approximate surface area is 157 Å². The third-order valence-corrected chi connectivity index (χ3v) is 4.41. The lowest BCUT2D eigenvalue weighted by Crippen LogP contribution is -2.05. The van der Waals surface area contributed by atoms with Gasteiger partial charge in [-0.3, -0.25) is 4.68 Å². The minimum atomic E-state index is 0.612. The van der Waals surface area contributed by atoms with Gasteiger partial charge in [-0.15, -0.1) is 0 Å². The van der Waals surface area contributed by atoms with Crippen molar-refractivity contribution in [1.29, 1.82) is 0 Å². The number of methoxy groups -OCH3 is 1. The molecule has 0 bridgehead atoms. The number of hydrogen-bond acceptors (Lipinski definition) is 5. The number of nitrogens with one attached hydrogen (secondary N) is 1. The van der Waals surface area contributed by atoms with Crippen molar-refractivity contribution < 1.29 is 4.74 Å². The standard InChI is InChI=1S/C21H21N5O/c1-14-23-19-10-9-17(27-3)11-18(19)21(24-14)22-12-16-13-26(2)25-20(16)15-7-5-4-6-8-15/h4-11,13H,12H2,1-3H3,(H,22,23,24). The van der Waals surface area contributed by atoms with Gasteiger partial charge in [0, 0.05) is 36.3 Å². The SMILES string of the molecule is COc1ccc2nc(C)nc(NCc3cn(C)nc3-c3ccccc3)c2c1. The van der Waals surface area contributed by atoms with Crippen LogP contribution < -0.4 is 10.1 Å². The second kappa shape index (κ2) is 7.07. The molecule has 0 unspecified atom stereocenters. The van der Waals surface area contributed by atoms with Crippen molar-refractivity contribution in [3.05, 3.63) is 66.1 Å². The molecule has 0 aliphatic carbocycles. The first kappa shape index (κ1) is 17.0. The summed E-state index contributed by atoms with van der Waals surface area (Å²) in [5.41, 5.74) is 4.06. The summed E-state index contributed by atoms with van der Waals surface area (Å²) in [4.78, 5) is 9.11. The Kier molecular flexibility index (Phi) is 4.46. The summed E-state index contributed by atoms with van der Waals surface area (Å²) >= 11 is 0. The molecule has 0 aliphatic rings. The van der Waals surface area contributed by atoms with Crippen LogP contribution in [0.25, 0.3) is 22.2 Å². The number of hydrogen-bond donors (Lipinski definition) is 1. The quantitative estimate of drug-likeness (QED) is 0.584. The van der Waals surface area contributed by atoms with E-state index in [1.54, 1.807) is 7.11 Å². The van der Waals surface area contributed by atoms with Crippen LogP contribution in [0.2, 0.25) is 0 Å². The first-order chi connectivity index (χ1) is 13.1. The molecule has 0 saturated heterocycles. The maximum Gasteiger partial charge on any atom is 0.138 e. The molecule has 0 atom stereocenters. The molecule has 27 heavy (non-hydrogen) atoms. The van der Waals surface area contributed by atoms with Crippen molar-refractivity contribution in [3.8, 4) is 17.0 Å². The molecular formula is C21H21N5O. The molecule has 0 spiro atoms. The summed E-state index contributed by atoms with van der Waals surface area (Å²) in [5, 5.41) is 9.02. The van der Waals surface area contributed by atoms with Crippen molar-refractivity contribution in [1.82, 2.24) is 19.7 Å². The number of nitrogens with zero attached hydrogens (tertiary/aromatic N) is 4. The fraction of sp³-hybridized carbons (Fsp3) is 0.190. The van der Waals surface area contributed by atoms with E-state index in [9.17, 15) is 0 Å². The van der Waals surface area contributed by atoms with E-state index in [0.717, 1.165) is 45.1 Å². The van der Waals surface area contributed by atoms with E-state index in [1.807, 2.05) is 61.2 Å². The Hall–Kier alpha value is -3.41. The van der Waals surface area contributed by atoms with Gasteiger partial charge in [0.25, 0.3) is 0 Å². The van der Waals surface area contributed by atoms with Crippen LogP contribution in [0.3, 0.4) is 0 Å². The van der Waals surface area contributed by atoms with Crippen LogP contribution in [0.4, 0.5) is 5.82 Å². The van der Waals surface area contributed by atoms with E-state index in [-0.39, 0.29) is 0 Å². The number of benzene rings is 2. The summed E-state index contributed by atoms with van der Waals surface area (Å²) in [5.74, 6) is 2.30. The number of anilines is 1. The fourth-order valence-electron chi connectivity index (χ4n) is 3.17. The largest absolute Gasteiger partial charge is 0.497 e. The van der Waals surface area contributed by atoms with Crippen molar-refractivity contribution in [2.75, 3.05) is 12.4 Å². The van der Waals surface area contributed by atoms with Crippen LogP contribution >= 0.6 is 0 Å². The predicted octanol–water partition coefficient (Wildman–Crippen LogP) is 3.96. The van der Waals surface area contributed by atoms with E-state index in [2.05, 4.69) is 32.5 Å². The normalized spacial score (nSPS) is 10.9. The molecule has 0 amide bonds. The molecule has 0 aliphatic heterocycles. The highest BCUT2D eigenvalue weighted by Gasteiger charge is 2.12. The third kappa shape index (κ3) is 3.46. The molecule has 0 fully saturated rings. The zero-order valence-corrected chi connectivity index (χ0v) is 15.6. The molecule has 2 heterocycles. The van der Waals surface area contributed by atoms with E-state index in [1.165, 1.54) is 0 Å². The van der Waals surface area contributed by atoms with Gasteiger partial charge in [0.05, 0.1) is 18.3 Å². The molecule has 2 aromatic heterocycles. The Bertz CT molecular complexity index is 1090. The molecule has 1 N–H and O–H groups in total. The highest BCUT2D eigenvalue weighted by Crippen LogP contribution is 2.27. The van der Waals surface area contributed by atoms with Gasteiger partial charge in [-0.05, 0) is 25.1 Å². The average molecular weight is 359 g/mol. The first-order valence-corrected chi connectivity index (χ1v) is 8.78. The van der Waals surface area contributed by atoms with E-state index in [0.29, 0.717) is 6.54 Å². The van der Waals surface area contributed by atoms with Crippen LogP contribution in [-0.2, 0) is 13.6 Å². The Morgan fingerprint density at radius 2 is 1.89 bits per heavy atom. The molecule has 4 aromatic rings. The highest BCUT2D eigenvalue weighted by atomic mass is 16.5. The van der Waals surface area contributed by atoms with Crippen molar-refractivity contribution in [2.45, 2.75) is 13.5 Å². The molecular weight excluding hydrogens is 338 g/mol. The lowest BCUT2D eigenvalue weighted by Gasteiger charge is -2.11. The smallest absolute Gasteiger partial charge is 0.138 e. The van der Waals surface area contributed by atoms with Crippen LogP contribution in [0.15, 0.2) is 54.7 Å². The lowest BCUT2D eigenvalue weighted by molar-refractivity contribution is 0.415. The maximum absolute atomic E-state index is 5.35. The summed E-state index contributed by atoms with van der Waals surface area (Å²) in [7, 11) is 3.59. The minimum absolute atomic E-state index is 0.612. The minimum Gasteiger partial charge on any atom is -0.497 e. The van der Waals surface area contributed by atoms with Gasteiger partial charge in [0.1, 0.15) is 17.4 Å². The summed E-state index contributed by atoms with van der Waals surface area (Å²) in [6.07, 6.45) is 2.03. The molecule has 6 heteroatoms. The second-order valence-electron chi connectivity index (χ2n) is 6.40. The van der Waals surface area contributed by atoms with Gasteiger partial charge in [-0.1, -0.05) is 30.3 Å². The number of aromatic nitrogens is 4. The summed E-state index contributed by atoms with van der Waals surface area (Å²) < 4.78 is 7.19. The van der Waals surface area contributed by atoms with Gasteiger partial charge in [-0.25, -0.2) is 9.97 Å². The van der Waals surface area contributed by atoms with Gasteiger partial charge in [0.15, 0.2) is 0 Å². The van der Waals surface area contributed by atoms with E-state index >= 15 is 0 Å².